The molecule has 35 heavy (non-hydrogen) atoms. The molecule has 2 aromatic carbocycles. The molecule has 0 aromatic heterocycles. The molecule has 1 fully saturated rings. The maximum absolute atomic E-state index is 13.1. The molecular weight excluding hydrogens is 483 g/mol. The molecule has 0 aliphatic carbocycles. The monoisotopic (exact) mass is 509 g/mol. The molecule has 1 heterocycles. The second-order valence-electron chi connectivity index (χ2n) is 7.98. The zero-order valence-electron chi connectivity index (χ0n) is 19.0. The first kappa shape index (κ1) is 28.4. The van der Waals surface area contributed by atoms with E-state index in [-0.39, 0.29) is 30.0 Å². The lowest BCUT2D eigenvalue weighted by atomic mass is 9.97. The molecule has 2 aromatic rings. The quantitative estimate of drug-likeness (QED) is 0.472. The molecule has 3 N–H and O–H groups in total. The number of nitrogens with one attached hydrogen (secondary N) is 2. The summed E-state index contributed by atoms with van der Waals surface area (Å²) in [5.41, 5.74) is -0.958. The summed E-state index contributed by atoms with van der Waals surface area (Å²) in [5.74, 6) is -0.287. The van der Waals surface area contributed by atoms with Gasteiger partial charge in [-0.15, -0.1) is 0 Å². The SMILES string of the molecule is CNCc1cc(C(F)(F)F)cc(C(F)(F)F)c1.Cc1cc(F)ccc1[C@H]1CCNCCN1C(=O)O. The van der Waals surface area contributed by atoms with Crippen LogP contribution in [0.5, 0.6) is 0 Å². The van der Waals surface area contributed by atoms with Crippen LogP contribution >= 0.6 is 0 Å². The van der Waals surface area contributed by atoms with Gasteiger partial charge in [-0.25, -0.2) is 9.18 Å². The van der Waals surface area contributed by atoms with E-state index in [1.165, 1.54) is 24.1 Å². The Morgan fingerprint density at radius 1 is 1.06 bits per heavy atom. The van der Waals surface area contributed by atoms with E-state index in [1.54, 1.807) is 6.07 Å². The third-order valence-corrected chi connectivity index (χ3v) is 5.37. The normalized spacial score (nSPS) is 16.8. The van der Waals surface area contributed by atoms with Crippen LogP contribution in [0.1, 0.15) is 40.3 Å². The van der Waals surface area contributed by atoms with E-state index in [0.29, 0.717) is 31.6 Å². The van der Waals surface area contributed by atoms with Crippen molar-refractivity contribution in [1.29, 1.82) is 0 Å². The van der Waals surface area contributed by atoms with E-state index in [1.807, 2.05) is 6.92 Å². The summed E-state index contributed by atoms with van der Waals surface area (Å²) >= 11 is 0. The first-order chi connectivity index (χ1) is 16.2. The zero-order valence-corrected chi connectivity index (χ0v) is 19.0. The molecule has 1 amide bonds. The van der Waals surface area contributed by atoms with Crippen molar-refractivity contribution in [3.63, 3.8) is 0 Å². The first-order valence-electron chi connectivity index (χ1n) is 10.6. The van der Waals surface area contributed by atoms with Gasteiger partial charge < -0.3 is 15.7 Å². The number of carboxylic acid groups (broad SMARTS) is 1. The predicted octanol–water partition coefficient (Wildman–Crippen LogP) is 5.59. The van der Waals surface area contributed by atoms with Crippen LogP contribution in [0, 0.1) is 12.7 Å². The first-order valence-corrected chi connectivity index (χ1v) is 10.6. The fourth-order valence-corrected chi connectivity index (χ4v) is 3.77. The Bertz CT molecular complexity index is 977. The average molecular weight is 509 g/mol. The summed E-state index contributed by atoms with van der Waals surface area (Å²) in [6.07, 6.45) is -9.79. The minimum atomic E-state index is -4.79. The van der Waals surface area contributed by atoms with Crippen molar-refractivity contribution in [2.75, 3.05) is 26.7 Å². The highest BCUT2D eigenvalue weighted by Crippen LogP contribution is 2.36. The number of halogens is 7. The summed E-state index contributed by atoms with van der Waals surface area (Å²) in [6.45, 7) is 3.63. The molecule has 1 atom stereocenters. The highest BCUT2D eigenvalue weighted by atomic mass is 19.4. The van der Waals surface area contributed by atoms with Crippen molar-refractivity contribution >= 4 is 6.09 Å². The van der Waals surface area contributed by atoms with Crippen molar-refractivity contribution < 1.29 is 40.6 Å². The van der Waals surface area contributed by atoms with Gasteiger partial charge in [0.2, 0.25) is 0 Å². The molecule has 1 saturated heterocycles. The fraction of sp³-hybridized carbons (Fsp3) is 0.435. The number of hydrogen-bond donors (Lipinski definition) is 3. The smallest absolute Gasteiger partial charge is 0.416 e. The molecule has 3 rings (SSSR count). The molecule has 12 heteroatoms. The van der Waals surface area contributed by atoms with Crippen LogP contribution in [0.25, 0.3) is 0 Å². The molecule has 0 bridgehead atoms. The van der Waals surface area contributed by atoms with Crippen LogP contribution in [0.4, 0.5) is 35.5 Å². The third-order valence-electron chi connectivity index (χ3n) is 5.37. The molecule has 1 aliphatic heterocycles. The Hall–Kier alpha value is -2.86. The largest absolute Gasteiger partial charge is 0.465 e. The lowest BCUT2D eigenvalue weighted by Gasteiger charge is -2.28. The lowest BCUT2D eigenvalue weighted by molar-refractivity contribution is -0.143. The summed E-state index contributed by atoms with van der Waals surface area (Å²) in [7, 11) is 1.44. The number of aryl methyl sites for hydroxylation is 1. The third kappa shape index (κ3) is 8.10. The maximum Gasteiger partial charge on any atom is 0.416 e. The van der Waals surface area contributed by atoms with E-state index in [2.05, 4.69) is 10.6 Å². The summed E-state index contributed by atoms with van der Waals surface area (Å²) < 4.78 is 87.4. The van der Waals surface area contributed by atoms with Crippen LogP contribution in [0.3, 0.4) is 0 Å². The number of nitrogens with zero attached hydrogens (tertiary/aromatic N) is 1. The Morgan fingerprint density at radius 3 is 2.14 bits per heavy atom. The van der Waals surface area contributed by atoms with E-state index in [9.17, 15) is 40.6 Å². The van der Waals surface area contributed by atoms with E-state index >= 15 is 0 Å². The molecule has 1 aliphatic rings. The van der Waals surface area contributed by atoms with Gasteiger partial charge >= 0.3 is 18.4 Å². The Morgan fingerprint density at radius 2 is 1.66 bits per heavy atom. The van der Waals surface area contributed by atoms with Gasteiger partial charge in [-0.2, -0.15) is 26.3 Å². The molecular formula is C23H26F7N3O2. The highest BCUT2D eigenvalue weighted by Gasteiger charge is 2.36. The number of amides is 1. The van der Waals surface area contributed by atoms with Crippen LogP contribution in [0.2, 0.25) is 0 Å². The fourth-order valence-electron chi connectivity index (χ4n) is 3.77. The van der Waals surface area contributed by atoms with E-state index < -0.39 is 29.6 Å². The maximum atomic E-state index is 13.1. The van der Waals surface area contributed by atoms with Crippen molar-refractivity contribution in [3.05, 3.63) is 70.0 Å². The summed E-state index contributed by atoms with van der Waals surface area (Å²) in [4.78, 5) is 12.7. The Labute approximate surface area is 197 Å². The van der Waals surface area contributed by atoms with Gasteiger partial charge in [-0.05, 0) is 74.0 Å². The van der Waals surface area contributed by atoms with Gasteiger partial charge in [0, 0.05) is 19.6 Å². The second-order valence-corrected chi connectivity index (χ2v) is 7.98. The van der Waals surface area contributed by atoms with E-state index in [4.69, 9.17) is 0 Å². The van der Waals surface area contributed by atoms with Crippen LogP contribution in [0.15, 0.2) is 36.4 Å². The minimum absolute atomic E-state index is 0.0605. The second kappa shape index (κ2) is 11.7. The molecule has 0 spiro atoms. The molecule has 0 radical (unpaired) electrons. The van der Waals surface area contributed by atoms with Crippen molar-refractivity contribution in [2.24, 2.45) is 0 Å². The predicted molar refractivity (Wildman–Crippen MR) is 115 cm³/mol. The summed E-state index contributed by atoms with van der Waals surface area (Å²) in [5, 5.41) is 15.0. The van der Waals surface area contributed by atoms with Gasteiger partial charge in [0.1, 0.15) is 5.82 Å². The van der Waals surface area contributed by atoms with Gasteiger partial charge in [0.05, 0.1) is 17.2 Å². The van der Waals surface area contributed by atoms with Crippen molar-refractivity contribution in [3.8, 4) is 0 Å². The highest BCUT2D eigenvalue weighted by molar-refractivity contribution is 5.66. The summed E-state index contributed by atoms with van der Waals surface area (Å²) in [6, 6.07) is 5.85. The Balaban J connectivity index is 0.000000247. The lowest BCUT2D eigenvalue weighted by Crippen LogP contribution is -2.35. The molecule has 0 saturated carbocycles. The number of carbonyl (C=O) groups is 1. The zero-order chi connectivity index (χ0) is 26.4. The molecule has 194 valence electrons. The van der Waals surface area contributed by atoms with Crippen molar-refractivity contribution in [2.45, 2.75) is 38.3 Å². The van der Waals surface area contributed by atoms with Gasteiger partial charge in [0.25, 0.3) is 0 Å². The van der Waals surface area contributed by atoms with Crippen LogP contribution < -0.4 is 10.6 Å². The average Bonchev–Trinajstić information content (AvgIpc) is 2.99. The number of alkyl halides is 6. The standard InChI is InChI=1S/C13H17FN2O2.C10H9F6N/c1-9-8-10(14)2-3-11(9)12-4-5-15-6-7-16(12)13(17)18;1-17-5-6-2-7(9(11,12)13)4-8(3-6)10(14,15)16/h2-3,8,12,15H,4-7H2,1H3,(H,17,18);2-4,17H,5H2,1H3/t12-;/m1./s1. The van der Waals surface area contributed by atoms with Crippen LogP contribution in [-0.4, -0.2) is 42.8 Å². The Kier molecular flexibility index (Phi) is 9.50. The number of benzene rings is 2. The minimum Gasteiger partial charge on any atom is -0.465 e. The van der Waals surface area contributed by atoms with E-state index in [0.717, 1.165) is 17.7 Å². The molecule has 5 nitrogen and oxygen atoms in total. The topological polar surface area (TPSA) is 64.6 Å². The number of hydrogen-bond acceptors (Lipinski definition) is 3. The van der Waals surface area contributed by atoms with Crippen LogP contribution in [-0.2, 0) is 18.9 Å². The van der Waals surface area contributed by atoms with Crippen molar-refractivity contribution in [1.82, 2.24) is 15.5 Å². The van der Waals surface area contributed by atoms with Gasteiger partial charge in [-0.1, -0.05) is 6.07 Å². The molecule has 0 unspecified atom stereocenters. The van der Waals surface area contributed by atoms with Gasteiger partial charge in [0.15, 0.2) is 0 Å². The number of rotatable bonds is 3. The van der Waals surface area contributed by atoms with Gasteiger partial charge in [-0.3, -0.25) is 4.90 Å².